The van der Waals surface area contributed by atoms with Crippen molar-refractivity contribution in [1.82, 2.24) is 0 Å². The van der Waals surface area contributed by atoms with Crippen molar-refractivity contribution >= 4 is 11.6 Å². The maximum absolute atomic E-state index is 13.2. The van der Waals surface area contributed by atoms with Crippen molar-refractivity contribution in [1.29, 1.82) is 0 Å². The van der Waals surface area contributed by atoms with Crippen molar-refractivity contribution in [2.24, 2.45) is 0 Å². The molecule has 2 unspecified atom stereocenters. The summed E-state index contributed by atoms with van der Waals surface area (Å²) in [5.74, 6) is -0.306. The van der Waals surface area contributed by atoms with Gasteiger partial charge in [-0.05, 0) is 24.6 Å². The molecule has 4 heteroatoms. The summed E-state index contributed by atoms with van der Waals surface area (Å²) in [7, 11) is 1.39. The number of hydrogen-bond donors (Lipinski definition) is 1. The fourth-order valence-corrected chi connectivity index (χ4v) is 1.27. The number of alkyl halides is 1. The first-order valence-corrected chi connectivity index (χ1v) is 4.65. The van der Waals surface area contributed by atoms with E-state index in [1.54, 1.807) is 13.0 Å². The SMILES string of the molecule is COc1ccc(C(Cl)C(C)O)cc1F. The number of aliphatic hydroxyl groups is 1. The number of methoxy groups -OCH3 is 1. The Bertz CT molecular complexity index is 315. The summed E-state index contributed by atoms with van der Waals surface area (Å²) in [6.45, 7) is 1.56. The monoisotopic (exact) mass is 218 g/mol. The molecule has 1 rings (SSSR count). The van der Waals surface area contributed by atoms with E-state index in [4.69, 9.17) is 16.3 Å². The third kappa shape index (κ3) is 2.36. The van der Waals surface area contributed by atoms with E-state index in [1.807, 2.05) is 0 Å². The number of halogens is 2. The normalized spacial score (nSPS) is 14.9. The van der Waals surface area contributed by atoms with Crippen LogP contribution < -0.4 is 4.74 Å². The highest BCUT2D eigenvalue weighted by molar-refractivity contribution is 6.21. The molecule has 0 heterocycles. The summed E-state index contributed by atoms with van der Waals surface area (Å²) in [5.41, 5.74) is 0.542. The Labute approximate surface area is 87.3 Å². The predicted molar refractivity (Wildman–Crippen MR) is 53.2 cm³/mol. The van der Waals surface area contributed by atoms with E-state index < -0.39 is 17.3 Å². The van der Waals surface area contributed by atoms with Crippen molar-refractivity contribution in [2.75, 3.05) is 7.11 Å². The van der Waals surface area contributed by atoms with E-state index in [0.717, 1.165) is 0 Å². The fourth-order valence-electron chi connectivity index (χ4n) is 1.13. The average Bonchev–Trinajstić information content (AvgIpc) is 2.16. The molecule has 2 atom stereocenters. The Morgan fingerprint density at radius 1 is 1.50 bits per heavy atom. The maximum atomic E-state index is 13.2. The molecule has 0 radical (unpaired) electrons. The van der Waals surface area contributed by atoms with Crippen LogP contribution >= 0.6 is 11.6 Å². The second-order valence-electron chi connectivity index (χ2n) is 3.04. The molecule has 0 amide bonds. The van der Waals surface area contributed by atoms with Gasteiger partial charge in [0.25, 0.3) is 0 Å². The van der Waals surface area contributed by atoms with Gasteiger partial charge in [-0.3, -0.25) is 0 Å². The molecule has 78 valence electrons. The fraction of sp³-hybridized carbons (Fsp3) is 0.400. The van der Waals surface area contributed by atoms with E-state index in [0.29, 0.717) is 5.56 Å². The van der Waals surface area contributed by atoms with Gasteiger partial charge >= 0.3 is 0 Å². The number of hydrogen-bond acceptors (Lipinski definition) is 2. The van der Waals surface area contributed by atoms with Crippen LogP contribution in [0.4, 0.5) is 4.39 Å². The molecule has 0 bridgehead atoms. The molecule has 0 fully saturated rings. The topological polar surface area (TPSA) is 29.5 Å². The van der Waals surface area contributed by atoms with Crippen LogP contribution in [0.15, 0.2) is 18.2 Å². The summed E-state index contributed by atoms with van der Waals surface area (Å²) in [4.78, 5) is 0. The highest BCUT2D eigenvalue weighted by Crippen LogP contribution is 2.27. The quantitative estimate of drug-likeness (QED) is 0.790. The maximum Gasteiger partial charge on any atom is 0.165 e. The Kier molecular flexibility index (Phi) is 3.72. The van der Waals surface area contributed by atoms with Crippen molar-refractivity contribution in [3.05, 3.63) is 29.6 Å². The molecule has 0 spiro atoms. The number of benzene rings is 1. The largest absolute Gasteiger partial charge is 0.494 e. The summed E-state index contributed by atoms with van der Waals surface area (Å²) in [5, 5.41) is 8.60. The number of aliphatic hydroxyl groups excluding tert-OH is 1. The van der Waals surface area contributed by atoms with Crippen LogP contribution in [0.2, 0.25) is 0 Å². The minimum absolute atomic E-state index is 0.170. The van der Waals surface area contributed by atoms with E-state index in [9.17, 15) is 9.50 Å². The summed E-state index contributed by atoms with van der Waals surface area (Å²) in [6.07, 6.45) is -0.718. The molecule has 0 aliphatic carbocycles. The summed E-state index contributed by atoms with van der Waals surface area (Å²) < 4.78 is 18.0. The molecule has 1 aromatic carbocycles. The van der Waals surface area contributed by atoms with Gasteiger partial charge in [0.15, 0.2) is 11.6 Å². The van der Waals surface area contributed by atoms with Crippen LogP contribution in [0.25, 0.3) is 0 Å². The van der Waals surface area contributed by atoms with Crippen molar-refractivity contribution in [3.8, 4) is 5.75 Å². The van der Waals surface area contributed by atoms with Crippen molar-refractivity contribution in [2.45, 2.75) is 18.4 Å². The van der Waals surface area contributed by atoms with Gasteiger partial charge in [-0.2, -0.15) is 0 Å². The van der Waals surface area contributed by atoms with Gasteiger partial charge in [-0.25, -0.2) is 4.39 Å². The molecule has 2 nitrogen and oxygen atoms in total. The molecular formula is C10H12ClFO2. The molecule has 0 aromatic heterocycles. The highest BCUT2D eigenvalue weighted by Gasteiger charge is 2.15. The lowest BCUT2D eigenvalue weighted by molar-refractivity contribution is 0.189. The molecule has 1 N–H and O–H groups in total. The Morgan fingerprint density at radius 2 is 2.14 bits per heavy atom. The standard InChI is InChI=1S/C10H12ClFO2/c1-6(13)10(11)7-3-4-9(14-2)8(12)5-7/h3-6,10,13H,1-2H3. The van der Waals surface area contributed by atoms with Crippen LogP contribution in [0, 0.1) is 5.82 Å². The van der Waals surface area contributed by atoms with Gasteiger partial charge in [-0.1, -0.05) is 6.07 Å². The highest BCUT2D eigenvalue weighted by atomic mass is 35.5. The van der Waals surface area contributed by atoms with Crippen LogP contribution in [-0.4, -0.2) is 18.3 Å². The summed E-state index contributed by atoms with van der Waals surface area (Å²) >= 11 is 5.85. The minimum Gasteiger partial charge on any atom is -0.494 e. The van der Waals surface area contributed by atoms with E-state index in [-0.39, 0.29) is 5.75 Å². The van der Waals surface area contributed by atoms with E-state index in [2.05, 4.69) is 0 Å². The lowest BCUT2D eigenvalue weighted by Gasteiger charge is -2.13. The molecule has 0 saturated heterocycles. The van der Waals surface area contributed by atoms with Gasteiger partial charge in [0, 0.05) is 0 Å². The Morgan fingerprint density at radius 3 is 2.57 bits per heavy atom. The van der Waals surface area contributed by atoms with Crippen LogP contribution in [0.3, 0.4) is 0 Å². The third-order valence-corrected chi connectivity index (χ3v) is 2.53. The first kappa shape index (κ1) is 11.3. The third-order valence-electron chi connectivity index (χ3n) is 1.92. The Hall–Kier alpha value is -0.800. The zero-order valence-corrected chi connectivity index (χ0v) is 8.75. The van der Waals surface area contributed by atoms with E-state index >= 15 is 0 Å². The molecule has 1 aromatic rings. The van der Waals surface area contributed by atoms with Crippen molar-refractivity contribution < 1.29 is 14.2 Å². The summed E-state index contributed by atoms with van der Waals surface area (Å²) in [6, 6.07) is 4.39. The van der Waals surface area contributed by atoms with Gasteiger partial charge in [0.05, 0.1) is 18.6 Å². The minimum atomic E-state index is -0.718. The second-order valence-corrected chi connectivity index (χ2v) is 3.51. The van der Waals surface area contributed by atoms with Gasteiger partial charge in [0.2, 0.25) is 0 Å². The molecule has 0 aliphatic rings. The average molecular weight is 219 g/mol. The second kappa shape index (κ2) is 4.62. The van der Waals surface area contributed by atoms with E-state index in [1.165, 1.54) is 19.2 Å². The predicted octanol–water partition coefficient (Wildman–Crippen LogP) is 2.50. The van der Waals surface area contributed by atoms with Crippen LogP contribution in [0.1, 0.15) is 17.9 Å². The molecule has 0 aliphatic heterocycles. The Balaban J connectivity index is 2.96. The van der Waals surface area contributed by atoms with Crippen LogP contribution in [-0.2, 0) is 0 Å². The zero-order chi connectivity index (χ0) is 10.7. The zero-order valence-electron chi connectivity index (χ0n) is 8.00. The number of ether oxygens (including phenoxy) is 1. The molecule has 0 saturated carbocycles. The van der Waals surface area contributed by atoms with Gasteiger partial charge in [-0.15, -0.1) is 11.6 Å². The smallest absolute Gasteiger partial charge is 0.165 e. The number of rotatable bonds is 3. The lowest BCUT2D eigenvalue weighted by atomic mass is 10.1. The molecular weight excluding hydrogens is 207 g/mol. The first-order chi connectivity index (χ1) is 6.56. The van der Waals surface area contributed by atoms with Gasteiger partial charge < -0.3 is 9.84 Å². The molecule has 14 heavy (non-hydrogen) atoms. The van der Waals surface area contributed by atoms with Crippen LogP contribution in [0.5, 0.6) is 5.75 Å². The van der Waals surface area contributed by atoms with Crippen molar-refractivity contribution in [3.63, 3.8) is 0 Å². The lowest BCUT2D eigenvalue weighted by Crippen LogP contribution is -2.08. The van der Waals surface area contributed by atoms with Gasteiger partial charge in [0.1, 0.15) is 0 Å². The first-order valence-electron chi connectivity index (χ1n) is 4.22.